The summed E-state index contributed by atoms with van der Waals surface area (Å²) in [6.07, 6.45) is 7.46. The number of carboxylic acid groups (broad SMARTS) is 1. The minimum absolute atomic E-state index is 0.170. The SMILES string of the molecule is CCCC(=O)O.CCCCCCCC(N)=O. The average molecular weight is 231 g/mol. The Morgan fingerprint density at radius 3 is 1.81 bits per heavy atom. The summed E-state index contributed by atoms with van der Waals surface area (Å²) in [6, 6.07) is 0. The normalized spacial score (nSPS) is 9.12. The monoisotopic (exact) mass is 231 g/mol. The smallest absolute Gasteiger partial charge is 0.303 e. The van der Waals surface area contributed by atoms with Crippen molar-refractivity contribution in [1.29, 1.82) is 0 Å². The molecule has 16 heavy (non-hydrogen) atoms. The molecule has 1 amide bonds. The molecule has 0 aliphatic carbocycles. The van der Waals surface area contributed by atoms with E-state index in [9.17, 15) is 9.59 Å². The third-order valence-electron chi connectivity index (χ3n) is 1.99. The Morgan fingerprint density at radius 1 is 0.938 bits per heavy atom. The molecule has 0 radical (unpaired) electrons. The van der Waals surface area contributed by atoms with Crippen molar-refractivity contribution in [3.8, 4) is 0 Å². The highest BCUT2D eigenvalue weighted by Gasteiger charge is 1.92. The van der Waals surface area contributed by atoms with E-state index in [1.165, 1.54) is 19.3 Å². The van der Waals surface area contributed by atoms with Crippen molar-refractivity contribution in [2.75, 3.05) is 0 Å². The largest absolute Gasteiger partial charge is 0.481 e. The van der Waals surface area contributed by atoms with Crippen LogP contribution in [0, 0.1) is 0 Å². The lowest BCUT2D eigenvalue weighted by molar-refractivity contribution is -0.137. The highest BCUT2D eigenvalue weighted by atomic mass is 16.4. The highest BCUT2D eigenvalue weighted by molar-refractivity contribution is 5.73. The van der Waals surface area contributed by atoms with Crippen molar-refractivity contribution in [3.63, 3.8) is 0 Å². The van der Waals surface area contributed by atoms with E-state index in [0.29, 0.717) is 12.8 Å². The van der Waals surface area contributed by atoms with Gasteiger partial charge < -0.3 is 10.8 Å². The van der Waals surface area contributed by atoms with Crippen LogP contribution in [0.1, 0.15) is 65.2 Å². The molecule has 0 bridgehead atoms. The van der Waals surface area contributed by atoms with Crippen LogP contribution < -0.4 is 5.73 Å². The van der Waals surface area contributed by atoms with E-state index in [0.717, 1.165) is 19.3 Å². The molecule has 96 valence electrons. The summed E-state index contributed by atoms with van der Waals surface area (Å²) in [7, 11) is 0. The molecule has 0 aliphatic rings. The van der Waals surface area contributed by atoms with Crippen LogP contribution >= 0.6 is 0 Å². The first kappa shape index (κ1) is 17.3. The summed E-state index contributed by atoms with van der Waals surface area (Å²) in [6.45, 7) is 4.02. The number of primary amides is 1. The van der Waals surface area contributed by atoms with E-state index in [-0.39, 0.29) is 5.91 Å². The fraction of sp³-hybridized carbons (Fsp3) is 0.833. The number of amides is 1. The second-order valence-corrected chi connectivity index (χ2v) is 3.77. The standard InChI is InChI=1S/C8H17NO.C4H8O2/c1-2-3-4-5-6-7-8(9)10;1-2-3-4(5)6/h2-7H2,1H3,(H2,9,10);2-3H2,1H3,(H,5,6). The Hall–Kier alpha value is -1.06. The number of aliphatic carboxylic acids is 1. The van der Waals surface area contributed by atoms with Crippen LogP contribution in [-0.2, 0) is 9.59 Å². The lowest BCUT2D eigenvalue weighted by Crippen LogP contribution is -2.09. The zero-order valence-corrected chi connectivity index (χ0v) is 10.5. The van der Waals surface area contributed by atoms with Crippen molar-refractivity contribution in [3.05, 3.63) is 0 Å². The van der Waals surface area contributed by atoms with Crippen LogP contribution in [0.2, 0.25) is 0 Å². The van der Waals surface area contributed by atoms with Crippen molar-refractivity contribution in [2.45, 2.75) is 65.2 Å². The van der Waals surface area contributed by atoms with Gasteiger partial charge >= 0.3 is 5.97 Å². The lowest BCUT2D eigenvalue weighted by atomic mass is 10.1. The van der Waals surface area contributed by atoms with Crippen molar-refractivity contribution >= 4 is 11.9 Å². The summed E-state index contributed by atoms with van der Waals surface area (Å²) < 4.78 is 0. The maximum Gasteiger partial charge on any atom is 0.303 e. The molecule has 0 spiro atoms. The van der Waals surface area contributed by atoms with Crippen molar-refractivity contribution < 1.29 is 14.7 Å². The molecular weight excluding hydrogens is 206 g/mol. The van der Waals surface area contributed by atoms with Crippen LogP contribution in [0.15, 0.2) is 0 Å². The number of carboxylic acids is 1. The maximum atomic E-state index is 10.3. The van der Waals surface area contributed by atoms with E-state index in [1.54, 1.807) is 0 Å². The van der Waals surface area contributed by atoms with Gasteiger partial charge in [-0.1, -0.05) is 39.5 Å². The van der Waals surface area contributed by atoms with Crippen LogP contribution in [0.25, 0.3) is 0 Å². The number of carbonyl (C=O) groups is 2. The second kappa shape index (κ2) is 13.9. The topological polar surface area (TPSA) is 80.4 Å². The van der Waals surface area contributed by atoms with E-state index in [2.05, 4.69) is 6.92 Å². The lowest BCUT2D eigenvalue weighted by Gasteiger charge is -1.95. The van der Waals surface area contributed by atoms with Crippen LogP contribution in [0.3, 0.4) is 0 Å². The minimum Gasteiger partial charge on any atom is -0.481 e. The van der Waals surface area contributed by atoms with Gasteiger partial charge in [-0.15, -0.1) is 0 Å². The Kier molecular flexibility index (Phi) is 15.1. The van der Waals surface area contributed by atoms with Crippen LogP contribution in [0.4, 0.5) is 0 Å². The van der Waals surface area contributed by atoms with Gasteiger partial charge in [0.05, 0.1) is 0 Å². The summed E-state index contributed by atoms with van der Waals surface area (Å²) in [5, 5.41) is 7.91. The zero-order valence-electron chi connectivity index (χ0n) is 10.5. The fourth-order valence-electron chi connectivity index (χ4n) is 1.12. The molecule has 0 unspecified atom stereocenters. The van der Waals surface area contributed by atoms with Gasteiger partial charge in [0.15, 0.2) is 0 Å². The predicted molar refractivity (Wildman–Crippen MR) is 65.1 cm³/mol. The number of nitrogens with two attached hydrogens (primary N) is 1. The summed E-state index contributed by atoms with van der Waals surface area (Å²) >= 11 is 0. The Labute approximate surface area is 98.2 Å². The molecule has 0 rings (SSSR count). The highest BCUT2D eigenvalue weighted by Crippen LogP contribution is 2.03. The molecule has 3 N–H and O–H groups in total. The van der Waals surface area contributed by atoms with Crippen LogP contribution in [0.5, 0.6) is 0 Å². The zero-order chi connectivity index (χ0) is 12.8. The summed E-state index contributed by atoms with van der Waals surface area (Å²) in [5.74, 6) is -0.881. The van der Waals surface area contributed by atoms with Gasteiger partial charge in [-0.05, 0) is 12.8 Å². The fourth-order valence-corrected chi connectivity index (χ4v) is 1.12. The van der Waals surface area contributed by atoms with Crippen molar-refractivity contribution in [1.82, 2.24) is 0 Å². The van der Waals surface area contributed by atoms with E-state index < -0.39 is 5.97 Å². The molecule has 4 nitrogen and oxygen atoms in total. The Balaban J connectivity index is 0. The minimum atomic E-state index is -0.711. The van der Waals surface area contributed by atoms with Gasteiger partial charge in [-0.25, -0.2) is 0 Å². The van der Waals surface area contributed by atoms with Gasteiger partial charge in [0.25, 0.3) is 0 Å². The third kappa shape index (κ3) is 23.1. The molecule has 0 aromatic rings. The second-order valence-electron chi connectivity index (χ2n) is 3.77. The Morgan fingerprint density at radius 2 is 1.50 bits per heavy atom. The molecule has 0 atom stereocenters. The first-order valence-corrected chi connectivity index (χ1v) is 6.04. The molecule has 0 aromatic carbocycles. The molecule has 0 aliphatic heterocycles. The maximum absolute atomic E-state index is 10.3. The van der Waals surface area contributed by atoms with Gasteiger partial charge in [0.2, 0.25) is 5.91 Å². The molecule has 0 fully saturated rings. The van der Waals surface area contributed by atoms with Gasteiger partial charge in [0.1, 0.15) is 0 Å². The van der Waals surface area contributed by atoms with E-state index in [4.69, 9.17) is 10.8 Å². The molecule has 0 saturated carbocycles. The number of hydrogen-bond acceptors (Lipinski definition) is 2. The Bertz CT molecular complexity index is 181. The quantitative estimate of drug-likeness (QED) is 0.630. The molecule has 0 aromatic heterocycles. The van der Waals surface area contributed by atoms with Crippen LogP contribution in [-0.4, -0.2) is 17.0 Å². The number of hydrogen-bond donors (Lipinski definition) is 2. The average Bonchev–Trinajstić information content (AvgIpc) is 2.17. The molecule has 0 saturated heterocycles. The first-order chi connectivity index (χ1) is 7.54. The number of unbranched alkanes of at least 4 members (excludes halogenated alkanes) is 4. The van der Waals surface area contributed by atoms with E-state index in [1.807, 2.05) is 6.92 Å². The van der Waals surface area contributed by atoms with Gasteiger partial charge in [-0.2, -0.15) is 0 Å². The van der Waals surface area contributed by atoms with E-state index >= 15 is 0 Å². The van der Waals surface area contributed by atoms with Gasteiger partial charge in [0, 0.05) is 12.8 Å². The van der Waals surface area contributed by atoms with Gasteiger partial charge in [-0.3, -0.25) is 9.59 Å². The van der Waals surface area contributed by atoms with Crippen molar-refractivity contribution in [2.24, 2.45) is 5.73 Å². The first-order valence-electron chi connectivity index (χ1n) is 6.04. The predicted octanol–water partition coefficient (Wildman–Crippen LogP) is 2.70. The molecule has 4 heteroatoms. The molecular formula is C12H25NO3. The number of carbonyl (C=O) groups excluding carboxylic acids is 1. The number of rotatable bonds is 8. The summed E-state index contributed by atoms with van der Waals surface area (Å²) in [4.78, 5) is 19.9. The summed E-state index contributed by atoms with van der Waals surface area (Å²) in [5.41, 5.74) is 4.97. The molecule has 0 heterocycles. The third-order valence-corrected chi connectivity index (χ3v) is 1.99.